The number of benzene rings is 2. The average Bonchev–Trinajstić information content (AvgIpc) is 3.09. The van der Waals surface area contributed by atoms with Gasteiger partial charge in [0.05, 0.1) is 19.2 Å². The largest absolute Gasteiger partial charge is 0.508 e. The van der Waals surface area contributed by atoms with Crippen molar-refractivity contribution in [2.75, 3.05) is 13.2 Å². The van der Waals surface area contributed by atoms with Crippen LogP contribution in [0.4, 0.5) is 0 Å². The van der Waals surface area contributed by atoms with Gasteiger partial charge in [-0.15, -0.1) is 0 Å². The van der Waals surface area contributed by atoms with Gasteiger partial charge in [0.2, 0.25) is 23.6 Å². The predicted octanol–water partition coefficient (Wildman–Crippen LogP) is 2.90. The van der Waals surface area contributed by atoms with Crippen molar-refractivity contribution in [1.82, 2.24) is 21.3 Å². The van der Waals surface area contributed by atoms with Crippen LogP contribution in [0, 0.1) is 29.1 Å². The molecule has 0 radical (unpaired) electrons. The minimum absolute atomic E-state index is 0.0468. The minimum Gasteiger partial charge on any atom is -0.508 e. The van der Waals surface area contributed by atoms with E-state index in [1.54, 1.807) is 12.1 Å². The standard InChI is InChI=1S/C40H55N5O7/c1-24(2)13-34(39(51)52-23-40-19-28-14-29(20-40)16-30(15-28)21-40)45-38(50)33(18-26-7-5-4-6-8-26)44-35(47)22-42-36(48)25(3)43-37(49)32(41)17-27-9-11-31(46)12-10-27/h4-12,24-25,28-30,32-34,46H,13-23,41H2,1-3H3,(H,42,48)(H,43,49)(H,44,47)(H,45,50)/t25-,28?,29?,30?,32+,33+,34+,40?/m1/s1. The van der Waals surface area contributed by atoms with Crippen molar-refractivity contribution in [3.8, 4) is 5.75 Å². The molecule has 52 heavy (non-hydrogen) atoms. The summed E-state index contributed by atoms with van der Waals surface area (Å²) in [7, 11) is 0. The molecule has 4 atom stereocenters. The number of aromatic hydroxyl groups is 1. The molecule has 4 bridgehead atoms. The Hall–Kier alpha value is -4.45. The van der Waals surface area contributed by atoms with Crippen LogP contribution in [-0.2, 0) is 41.6 Å². The van der Waals surface area contributed by atoms with E-state index in [9.17, 15) is 29.1 Å². The number of amides is 4. The van der Waals surface area contributed by atoms with Gasteiger partial charge in [-0.05, 0) is 105 Å². The van der Waals surface area contributed by atoms with E-state index in [2.05, 4.69) is 21.3 Å². The first-order chi connectivity index (χ1) is 24.8. The van der Waals surface area contributed by atoms with Crippen LogP contribution in [0.3, 0.4) is 0 Å². The Labute approximate surface area is 306 Å². The van der Waals surface area contributed by atoms with Gasteiger partial charge in [0, 0.05) is 11.8 Å². The molecule has 4 saturated carbocycles. The van der Waals surface area contributed by atoms with Crippen LogP contribution in [0.5, 0.6) is 5.75 Å². The number of rotatable bonds is 17. The van der Waals surface area contributed by atoms with Crippen LogP contribution in [0.2, 0.25) is 0 Å². The fourth-order valence-electron chi connectivity index (χ4n) is 8.74. The average molecular weight is 718 g/mol. The summed E-state index contributed by atoms with van der Waals surface area (Å²) in [5.74, 6) is -0.367. The SMILES string of the molecule is CC(C)C[C@H](NC(=O)[C@H](Cc1ccccc1)NC(=O)CNC(=O)[C@@H](C)NC(=O)[C@@H](N)Cc1ccc(O)cc1)C(=O)OCC12CC3CC(CC(C3)C1)C2. The number of hydrogen-bond acceptors (Lipinski definition) is 8. The zero-order chi connectivity index (χ0) is 37.4. The molecule has 0 aliphatic heterocycles. The molecule has 4 fully saturated rings. The van der Waals surface area contributed by atoms with Gasteiger partial charge in [-0.1, -0.05) is 56.3 Å². The fourth-order valence-corrected chi connectivity index (χ4v) is 8.74. The molecule has 2 aromatic carbocycles. The quantitative estimate of drug-likeness (QED) is 0.135. The van der Waals surface area contributed by atoms with Crippen molar-refractivity contribution in [2.45, 2.75) is 103 Å². The maximum absolute atomic E-state index is 13.8. The number of esters is 1. The number of ether oxygens (including phenoxy) is 1. The van der Waals surface area contributed by atoms with E-state index in [4.69, 9.17) is 10.5 Å². The summed E-state index contributed by atoms with van der Waals surface area (Å²) in [6.07, 6.45) is 7.95. The zero-order valence-corrected chi connectivity index (χ0v) is 30.6. The Morgan fingerprint density at radius 3 is 1.96 bits per heavy atom. The minimum atomic E-state index is -1.03. The monoisotopic (exact) mass is 717 g/mol. The van der Waals surface area contributed by atoms with Gasteiger partial charge in [0.25, 0.3) is 0 Å². The molecule has 4 aliphatic rings. The number of carbonyl (C=O) groups excluding carboxylic acids is 5. The Balaban J connectivity index is 1.15. The number of nitrogens with two attached hydrogens (primary N) is 1. The van der Waals surface area contributed by atoms with E-state index in [-0.39, 0.29) is 29.9 Å². The fraction of sp³-hybridized carbons (Fsp3) is 0.575. The smallest absolute Gasteiger partial charge is 0.328 e. The first kappa shape index (κ1) is 38.8. The summed E-state index contributed by atoms with van der Waals surface area (Å²) in [4.78, 5) is 65.9. The summed E-state index contributed by atoms with van der Waals surface area (Å²) in [6, 6.07) is 11.7. The van der Waals surface area contributed by atoms with Crippen LogP contribution < -0.4 is 27.0 Å². The third-order valence-electron chi connectivity index (χ3n) is 10.8. The number of carbonyl (C=O) groups is 5. The molecule has 12 heteroatoms. The normalized spacial score (nSPS) is 23.9. The van der Waals surface area contributed by atoms with E-state index in [1.807, 2.05) is 44.2 Å². The molecular formula is C40H55N5O7. The summed E-state index contributed by atoms with van der Waals surface area (Å²) in [5, 5.41) is 20.1. The van der Waals surface area contributed by atoms with Gasteiger partial charge in [-0.25, -0.2) is 4.79 Å². The van der Waals surface area contributed by atoms with Crippen molar-refractivity contribution in [2.24, 2.45) is 34.8 Å². The molecule has 4 amide bonds. The molecule has 0 heterocycles. The molecule has 12 nitrogen and oxygen atoms in total. The lowest BCUT2D eigenvalue weighted by Gasteiger charge is -2.56. The molecule has 282 valence electrons. The van der Waals surface area contributed by atoms with Crippen LogP contribution >= 0.6 is 0 Å². The maximum atomic E-state index is 13.8. The van der Waals surface area contributed by atoms with Crippen molar-refractivity contribution < 1.29 is 33.8 Å². The Morgan fingerprint density at radius 2 is 1.37 bits per heavy atom. The van der Waals surface area contributed by atoms with Gasteiger partial charge in [0.15, 0.2) is 0 Å². The third-order valence-corrected chi connectivity index (χ3v) is 10.8. The van der Waals surface area contributed by atoms with Crippen LogP contribution in [0.1, 0.15) is 76.8 Å². The second kappa shape index (κ2) is 17.4. The van der Waals surface area contributed by atoms with Crippen molar-refractivity contribution in [3.05, 3.63) is 65.7 Å². The first-order valence-corrected chi connectivity index (χ1v) is 18.7. The van der Waals surface area contributed by atoms with E-state index in [0.29, 0.717) is 13.0 Å². The van der Waals surface area contributed by atoms with Crippen LogP contribution in [0.15, 0.2) is 54.6 Å². The number of nitrogens with one attached hydrogen (secondary N) is 4. The highest BCUT2D eigenvalue weighted by atomic mass is 16.5. The first-order valence-electron chi connectivity index (χ1n) is 18.7. The predicted molar refractivity (Wildman–Crippen MR) is 195 cm³/mol. The van der Waals surface area contributed by atoms with Gasteiger partial charge >= 0.3 is 5.97 Å². The van der Waals surface area contributed by atoms with Gasteiger partial charge in [-0.3, -0.25) is 19.2 Å². The van der Waals surface area contributed by atoms with Gasteiger partial charge < -0.3 is 36.8 Å². The van der Waals surface area contributed by atoms with Gasteiger partial charge in [-0.2, -0.15) is 0 Å². The van der Waals surface area contributed by atoms with Crippen LogP contribution in [-0.4, -0.2) is 72.0 Å². The molecule has 0 spiro atoms. The Bertz CT molecular complexity index is 1530. The van der Waals surface area contributed by atoms with E-state index < -0.39 is 60.3 Å². The third kappa shape index (κ3) is 10.8. The van der Waals surface area contributed by atoms with Crippen LogP contribution in [0.25, 0.3) is 0 Å². The molecule has 6 rings (SSSR count). The topological polar surface area (TPSA) is 189 Å². The van der Waals surface area contributed by atoms with Crippen molar-refractivity contribution >= 4 is 29.6 Å². The van der Waals surface area contributed by atoms with E-state index in [1.165, 1.54) is 38.3 Å². The molecule has 0 aromatic heterocycles. The lowest BCUT2D eigenvalue weighted by atomic mass is 9.50. The van der Waals surface area contributed by atoms with Crippen molar-refractivity contribution in [1.29, 1.82) is 0 Å². The molecule has 0 saturated heterocycles. The lowest BCUT2D eigenvalue weighted by molar-refractivity contribution is -0.159. The highest BCUT2D eigenvalue weighted by molar-refractivity contribution is 5.94. The lowest BCUT2D eigenvalue weighted by Crippen LogP contribution is -2.55. The van der Waals surface area contributed by atoms with E-state index >= 15 is 0 Å². The highest BCUT2D eigenvalue weighted by Crippen LogP contribution is 2.60. The number of hydrogen-bond donors (Lipinski definition) is 6. The summed E-state index contributed by atoms with van der Waals surface area (Å²) in [6.45, 7) is 5.36. The van der Waals surface area contributed by atoms with Crippen molar-refractivity contribution in [3.63, 3.8) is 0 Å². The maximum Gasteiger partial charge on any atom is 0.328 e. The second-order valence-electron chi connectivity index (χ2n) is 16.0. The Kier molecular flexibility index (Phi) is 13.0. The second-order valence-corrected chi connectivity index (χ2v) is 16.0. The number of phenolic OH excluding ortho intramolecular Hbond substituents is 1. The van der Waals surface area contributed by atoms with Gasteiger partial charge in [0.1, 0.15) is 23.9 Å². The molecular weight excluding hydrogens is 662 g/mol. The summed E-state index contributed by atoms with van der Waals surface area (Å²) < 4.78 is 6.00. The molecule has 2 aromatic rings. The Morgan fingerprint density at radius 1 is 0.769 bits per heavy atom. The summed E-state index contributed by atoms with van der Waals surface area (Å²) in [5.41, 5.74) is 7.62. The summed E-state index contributed by atoms with van der Waals surface area (Å²) >= 11 is 0. The molecule has 0 unspecified atom stereocenters. The molecule has 4 aliphatic carbocycles. The highest BCUT2D eigenvalue weighted by Gasteiger charge is 2.51. The number of phenols is 1. The zero-order valence-electron chi connectivity index (χ0n) is 30.6. The van der Waals surface area contributed by atoms with E-state index in [0.717, 1.165) is 48.1 Å². The molecule has 7 N–H and O–H groups in total.